The zero-order chi connectivity index (χ0) is 10.9. The third-order valence-electron chi connectivity index (χ3n) is 1.38. The maximum Gasteiger partial charge on any atom is 0.160 e. The fraction of sp³-hybridized carbons (Fsp3) is 0.250. The van der Waals surface area contributed by atoms with Crippen molar-refractivity contribution in [3.8, 4) is 11.5 Å². The first-order valence-corrected chi connectivity index (χ1v) is 3.40. The molecule has 0 atom stereocenters. The second-order valence-electron chi connectivity index (χ2n) is 2.28. The molecule has 1 rings (SSSR count). The third kappa shape index (κ3) is 1.65. The number of benzene rings is 1. The molecule has 1 aromatic rings. The van der Waals surface area contributed by atoms with Gasteiger partial charge in [0.1, 0.15) is 5.82 Å². The Kier molecular flexibility index (Phi) is 1.77. The fourth-order valence-electron chi connectivity index (χ4n) is 0.812. The van der Waals surface area contributed by atoms with Crippen LogP contribution in [0.1, 0.15) is 8.30 Å². The Hall–Kier alpha value is -1.29. The van der Waals surface area contributed by atoms with Crippen molar-refractivity contribution in [2.24, 2.45) is 5.73 Å². The molecule has 0 unspecified atom stereocenters. The van der Waals surface area contributed by atoms with Crippen LogP contribution in [0.3, 0.4) is 0 Å². The van der Waals surface area contributed by atoms with Gasteiger partial charge in [0, 0.05) is 6.04 Å². The number of hydrogen-bond acceptors (Lipinski definition) is 3. The minimum atomic E-state index is -1.00. The molecule has 0 aliphatic rings. The Morgan fingerprint density at radius 2 is 2.00 bits per heavy atom. The quantitative estimate of drug-likeness (QED) is 0.581. The molecule has 0 bridgehead atoms. The average molecular weight is 175 g/mol. The van der Waals surface area contributed by atoms with E-state index in [1.165, 1.54) is 0 Å². The monoisotopic (exact) mass is 175 g/mol. The SMILES string of the molecule is [3H]c1c(O)c(O)c([3H])c(CCN)c1F. The van der Waals surface area contributed by atoms with Crippen molar-refractivity contribution in [3.63, 3.8) is 0 Å². The van der Waals surface area contributed by atoms with Crippen LogP contribution in [0, 0.1) is 5.82 Å². The van der Waals surface area contributed by atoms with E-state index in [0.29, 0.717) is 0 Å². The molecule has 66 valence electrons. The van der Waals surface area contributed by atoms with E-state index in [4.69, 9.17) is 18.7 Å². The fourth-order valence-corrected chi connectivity index (χ4v) is 0.812. The summed E-state index contributed by atoms with van der Waals surface area (Å²) in [6, 6.07) is -1.32. The van der Waals surface area contributed by atoms with E-state index in [1.54, 1.807) is 0 Å². The Labute approximate surface area is 72.1 Å². The number of phenolic OH excluding ortho intramolecular Hbond substituents is 2. The lowest BCUT2D eigenvalue weighted by molar-refractivity contribution is 0.398. The minimum Gasteiger partial charge on any atom is -0.504 e. The highest BCUT2D eigenvalue weighted by Gasteiger charge is 2.06. The number of aromatic hydroxyl groups is 2. The molecule has 0 radical (unpaired) electrons. The van der Waals surface area contributed by atoms with Crippen LogP contribution in [0.2, 0.25) is 0 Å². The topological polar surface area (TPSA) is 66.5 Å². The summed E-state index contributed by atoms with van der Waals surface area (Å²) in [4.78, 5) is 0. The molecule has 1 aromatic carbocycles. The molecule has 0 aliphatic carbocycles. The smallest absolute Gasteiger partial charge is 0.160 e. The maximum absolute atomic E-state index is 13.3. The van der Waals surface area contributed by atoms with Gasteiger partial charge in [0.25, 0.3) is 0 Å². The van der Waals surface area contributed by atoms with Crippen molar-refractivity contribution in [1.82, 2.24) is 0 Å². The maximum atomic E-state index is 13.3. The standard InChI is InChI=1S/C8H10FNO2/c9-6-4-8(12)7(11)3-5(6)1-2-10/h3-4,11-12H,1-2,10H2/i3T,4T. The highest BCUT2D eigenvalue weighted by atomic mass is 19.1. The lowest BCUT2D eigenvalue weighted by Gasteiger charge is -2.03. The molecule has 0 spiro atoms. The first kappa shape index (κ1) is 6.25. The third-order valence-corrected chi connectivity index (χ3v) is 1.38. The van der Waals surface area contributed by atoms with Gasteiger partial charge in [-0.25, -0.2) is 4.39 Å². The number of halogens is 1. The molecule has 0 amide bonds. The van der Waals surface area contributed by atoms with Crippen molar-refractivity contribution in [3.05, 3.63) is 23.5 Å². The van der Waals surface area contributed by atoms with E-state index >= 15 is 0 Å². The lowest BCUT2D eigenvalue weighted by Crippen LogP contribution is -2.04. The summed E-state index contributed by atoms with van der Waals surface area (Å²) in [6.45, 7) is 0.104. The molecule has 4 heteroatoms. The highest BCUT2D eigenvalue weighted by Crippen LogP contribution is 2.27. The van der Waals surface area contributed by atoms with Gasteiger partial charge < -0.3 is 15.9 Å². The first-order chi connectivity index (χ1) is 6.50. The summed E-state index contributed by atoms with van der Waals surface area (Å²) >= 11 is 0. The molecule has 0 fully saturated rings. The summed E-state index contributed by atoms with van der Waals surface area (Å²) in [6.07, 6.45) is 0.0460. The van der Waals surface area contributed by atoms with E-state index in [2.05, 4.69) is 0 Å². The largest absolute Gasteiger partial charge is 0.504 e. The Morgan fingerprint density at radius 1 is 1.42 bits per heavy atom. The molecule has 0 aromatic heterocycles. The van der Waals surface area contributed by atoms with Crippen LogP contribution in [-0.4, -0.2) is 16.8 Å². The zero-order valence-corrected chi connectivity index (χ0v) is 6.26. The van der Waals surface area contributed by atoms with E-state index in [0.717, 1.165) is 0 Å². The molecular weight excluding hydrogens is 161 g/mol. The van der Waals surface area contributed by atoms with Crippen LogP contribution in [-0.2, 0) is 6.42 Å². The van der Waals surface area contributed by atoms with Gasteiger partial charge in [-0.1, -0.05) is 0 Å². The van der Waals surface area contributed by atoms with Crippen molar-refractivity contribution >= 4 is 0 Å². The van der Waals surface area contributed by atoms with Crippen molar-refractivity contribution < 1.29 is 17.3 Å². The molecule has 12 heavy (non-hydrogen) atoms. The number of hydrogen-bond donors (Lipinski definition) is 3. The highest BCUT2D eigenvalue weighted by molar-refractivity contribution is 5.41. The average Bonchev–Trinajstić information content (AvgIpc) is 2.19. The minimum absolute atomic E-state index is 0.0460. The van der Waals surface area contributed by atoms with Crippen molar-refractivity contribution in [2.75, 3.05) is 6.54 Å². The summed E-state index contributed by atoms with van der Waals surface area (Å²) < 4.78 is 27.6. The summed E-state index contributed by atoms with van der Waals surface area (Å²) in [5.74, 6) is -2.69. The molecule has 3 nitrogen and oxygen atoms in total. The second-order valence-corrected chi connectivity index (χ2v) is 2.28. The van der Waals surface area contributed by atoms with Crippen molar-refractivity contribution in [2.45, 2.75) is 6.42 Å². The van der Waals surface area contributed by atoms with Gasteiger partial charge in [0.15, 0.2) is 11.5 Å². The van der Waals surface area contributed by atoms with E-state index in [1.807, 2.05) is 0 Å². The van der Waals surface area contributed by atoms with Gasteiger partial charge in [-0.2, -0.15) is 0 Å². The normalized spacial score (nSPS) is 12.5. The van der Waals surface area contributed by atoms with Gasteiger partial charge in [-0.15, -0.1) is 0 Å². The van der Waals surface area contributed by atoms with Gasteiger partial charge in [-0.3, -0.25) is 0 Å². The molecule has 0 saturated heterocycles. The Bertz CT molecular complexity index is 342. The van der Waals surface area contributed by atoms with Crippen LogP contribution in [0.15, 0.2) is 12.1 Å². The summed E-state index contributed by atoms with van der Waals surface area (Å²) in [7, 11) is 0. The summed E-state index contributed by atoms with van der Waals surface area (Å²) in [5, 5.41) is 18.2. The number of phenols is 2. The van der Waals surface area contributed by atoms with E-state index < -0.39 is 29.4 Å². The van der Waals surface area contributed by atoms with Gasteiger partial charge >= 0.3 is 0 Å². The molecular formula is C8H10FNO2. The molecule has 0 saturated carbocycles. The van der Waals surface area contributed by atoms with Crippen molar-refractivity contribution in [1.29, 1.82) is 0 Å². The zero-order valence-electron chi connectivity index (χ0n) is 8.26. The van der Waals surface area contributed by atoms with Crippen LogP contribution in [0.5, 0.6) is 11.5 Å². The van der Waals surface area contributed by atoms with Crippen LogP contribution >= 0.6 is 0 Å². The van der Waals surface area contributed by atoms with E-state index in [-0.39, 0.29) is 18.5 Å². The first-order valence-electron chi connectivity index (χ1n) is 4.40. The Morgan fingerprint density at radius 3 is 2.58 bits per heavy atom. The number of rotatable bonds is 2. The van der Waals surface area contributed by atoms with Crippen LogP contribution in [0.4, 0.5) is 4.39 Å². The Balaban J connectivity index is 3.43. The lowest BCUT2D eigenvalue weighted by atomic mass is 10.1. The van der Waals surface area contributed by atoms with Crippen LogP contribution in [0.25, 0.3) is 0 Å². The van der Waals surface area contributed by atoms with Crippen LogP contribution < -0.4 is 5.73 Å². The van der Waals surface area contributed by atoms with E-state index in [9.17, 15) is 4.39 Å². The second kappa shape index (κ2) is 3.40. The molecule has 0 aliphatic heterocycles. The van der Waals surface area contributed by atoms with Gasteiger partial charge in [0.2, 0.25) is 0 Å². The number of nitrogens with two attached hydrogens (primary N) is 1. The molecule has 4 N–H and O–H groups in total. The summed E-state index contributed by atoms with van der Waals surface area (Å²) in [5.41, 5.74) is 5.04. The predicted octanol–water partition coefficient (Wildman–Crippen LogP) is 0.738. The molecule has 0 heterocycles. The predicted molar refractivity (Wildman–Crippen MR) is 42.5 cm³/mol. The van der Waals surface area contributed by atoms with Gasteiger partial charge in [0.05, 0.1) is 2.74 Å². The van der Waals surface area contributed by atoms with Gasteiger partial charge in [-0.05, 0) is 24.6 Å².